The highest BCUT2D eigenvalue weighted by Crippen LogP contribution is 2.34. The first kappa shape index (κ1) is 22.8. The van der Waals surface area contributed by atoms with Crippen molar-refractivity contribution >= 4 is 5.69 Å². The van der Waals surface area contributed by atoms with E-state index in [-0.39, 0.29) is 17.5 Å². The van der Waals surface area contributed by atoms with Gasteiger partial charge in [-0.1, -0.05) is 18.1 Å². The predicted octanol–water partition coefficient (Wildman–Crippen LogP) is 3.93. The normalized spacial score (nSPS) is 20.2. The third kappa shape index (κ3) is 5.15. The Hall–Kier alpha value is -2.39. The molecule has 2 heterocycles. The molecule has 4 nitrogen and oxygen atoms in total. The quantitative estimate of drug-likeness (QED) is 0.737. The summed E-state index contributed by atoms with van der Waals surface area (Å²) in [5.41, 5.74) is 4.73. The molecule has 2 saturated heterocycles. The zero-order valence-electron chi connectivity index (χ0n) is 19.5. The van der Waals surface area contributed by atoms with E-state index in [1.165, 1.54) is 5.56 Å². The standard InChI is InChI=1S/C27H34FN3O/c1-5-21-7-8-22(18-25(21)28)24-17-20(16-23-19-29-10-15-32-23)6-9-26(24)30-11-13-31(14-12-30)27(2,3)4/h1,6-9,17-18,23,29H,10-16,19H2,2-4H3. The molecule has 2 aliphatic rings. The molecule has 2 fully saturated rings. The monoisotopic (exact) mass is 435 g/mol. The molecule has 2 aromatic carbocycles. The summed E-state index contributed by atoms with van der Waals surface area (Å²) >= 11 is 0. The number of nitrogens with one attached hydrogen (secondary N) is 1. The number of hydrogen-bond donors (Lipinski definition) is 1. The lowest BCUT2D eigenvalue weighted by Gasteiger charge is -2.43. The van der Waals surface area contributed by atoms with Crippen molar-refractivity contribution in [2.24, 2.45) is 0 Å². The van der Waals surface area contributed by atoms with Crippen molar-refractivity contribution in [3.8, 4) is 23.5 Å². The minimum absolute atomic E-state index is 0.165. The molecule has 0 bridgehead atoms. The van der Waals surface area contributed by atoms with Gasteiger partial charge in [-0.2, -0.15) is 0 Å². The van der Waals surface area contributed by atoms with Crippen LogP contribution in [0.5, 0.6) is 0 Å². The van der Waals surface area contributed by atoms with E-state index in [2.05, 4.69) is 60.0 Å². The van der Waals surface area contributed by atoms with Gasteiger partial charge in [0.1, 0.15) is 5.82 Å². The topological polar surface area (TPSA) is 27.7 Å². The number of halogens is 1. The van der Waals surface area contributed by atoms with Gasteiger partial charge in [-0.25, -0.2) is 4.39 Å². The van der Waals surface area contributed by atoms with Crippen LogP contribution in [-0.2, 0) is 11.2 Å². The average molecular weight is 436 g/mol. The summed E-state index contributed by atoms with van der Waals surface area (Å²) in [6.07, 6.45) is 6.44. The Balaban J connectivity index is 1.64. The molecular formula is C27H34FN3O. The van der Waals surface area contributed by atoms with Crippen LogP contribution in [0.1, 0.15) is 31.9 Å². The number of morpholine rings is 1. The molecular weight excluding hydrogens is 401 g/mol. The molecule has 1 unspecified atom stereocenters. The molecule has 0 aliphatic carbocycles. The first-order valence-corrected chi connectivity index (χ1v) is 11.6. The lowest BCUT2D eigenvalue weighted by atomic mass is 9.96. The molecule has 2 aliphatic heterocycles. The third-order valence-electron chi connectivity index (χ3n) is 6.53. The van der Waals surface area contributed by atoms with Crippen molar-refractivity contribution in [1.82, 2.24) is 10.2 Å². The van der Waals surface area contributed by atoms with Gasteiger partial charge in [0.15, 0.2) is 0 Å². The van der Waals surface area contributed by atoms with Gasteiger partial charge in [0.25, 0.3) is 0 Å². The summed E-state index contributed by atoms with van der Waals surface area (Å²) in [4.78, 5) is 4.94. The number of anilines is 1. The summed E-state index contributed by atoms with van der Waals surface area (Å²) in [7, 11) is 0. The van der Waals surface area contributed by atoms with Crippen molar-refractivity contribution in [2.75, 3.05) is 50.8 Å². The van der Waals surface area contributed by atoms with Gasteiger partial charge in [-0.3, -0.25) is 4.90 Å². The number of terminal acetylenes is 1. The van der Waals surface area contributed by atoms with Crippen molar-refractivity contribution in [3.05, 3.63) is 53.3 Å². The molecule has 0 radical (unpaired) electrons. The first-order valence-electron chi connectivity index (χ1n) is 11.6. The van der Waals surface area contributed by atoms with Gasteiger partial charge in [0, 0.05) is 56.1 Å². The fourth-order valence-electron chi connectivity index (χ4n) is 4.65. The van der Waals surface area contributed by atoms with Crippen LogP contribution < -0.4 is 10.2 Å². The van der Waals surface area contributed by atoms with Gasteiger partial charge >= 0.3 is 0 Å². The number of benzene rings is 2. The fraction of sp³-hybridized carbons (Fsp3) is 0.481. The number of ether oxygens (including phenoxy) is 1. The summed E-state index contributed by atoms with van der Waals surface area (Å²) < 4.78 is 20.5. The van der Waals surface area contributed by atoms with E-state index in [0.717, 1.165) is 69.1 Å². The van der Waals surface area contributed by atoms with Crippen molar-refractivity contribution in [2.45, 2.75) is 38.8 Å². The van der Waals surface area contributed by atoms with Gasteiger partial charge in [-0.05, 0) is 62.6 Å². The Morgan fingerprint density at radius 2 is 1.91 bits per heavy atom. The van der Waals surface area contributed by atoms with E-state index < -0.39 is 0 Å². The molecule has 1 atom stereocenters. The van der Waals surface area contributed by atoms with Crippen LogP contribution in [0.25, 0.3) is 11.1 Å². The molecule has 1 N–H and O–H groups in total. The molecule has 4 rings (SSSR count). The van der Waals surface area contributed by atoms with Crippen molar-refractivity contribution in [3.63, 3.8) is 0 Å². The van der Waals surface area contributed by atoms with Crippen LogP contribution >= 0.6 is 0 Å². The number of rotatable bonds is 4. The van der Waals surface area contributed by atoms with Crippen LogP contribution in [0, 0.1) is 18.2 Å². The van der Waals surface area contributed by atoms with Crippen molar-refractivity contribution in [1.29, 1.82) is 0 Å². The highest BCUT2D eigenvalue weighted by Gasteiger charge is 2.27. The Kier molecular flexibility index (Phi) is 6.85. The molecule has 0 spiro atoms. The molecule has 0 saturated carbocycles. The Morgan fingerprint density at radius 1 is 1.12 bits per heavy atom. The molecule has 2 aromatic rings. The minimum Gasteiger partial charge on any atom is -0.375 e. The number of hydrogen-bond acceptors (Lipinski definition) is 4. The molecule has 32 heavy (non-hydrogen) atoms. The predicted molar refractivity (Wildman–Crippen MR) is 130 cm³/mol. The largest absolute Gasteiger partial charge is 0.375 e. The lowest BCUT2D eigenvalue weighted by Crippen LogP contribution is -2.53. The second kappa shape index (κ2) is 9.62. The molecule has 170 valence electrons. The maximum Gasteiger partial charge on any atom is 0.139 e. The van der Waals surface area contributed by atoms with E-state index in [1.807, 2.05) is 6.07 Å². The van der Waals surface area contributed by atoms with Crippen molar-refractivity contribution < 1.29 is 9.13 Å². The second-order valence-corrected chi connectivity index (χ2v) is 9.74. The van der Waals surface area contributed by atoms with Crippen LogP contribution in [0.4, 0.5) is 10.1 Å². The third-order valence-corrected chi connectivity index (χ3v) is 6.53. The Bertz CT molecular complexity index is 977. The summed E-state index contributed by atoms with van der Waals surface area (Å²) in [5.74, 6) is 2.07. The maximum atomic E-state index is 14.6. The SMILES string of the molecule is C#Cc1ccc(-c2cc(CC3CNCCO3)ccc2N2CCN(C(C)(C)C)CC2)cc1F. The zero-order valence-corrected chi connectivity index (χ0v) is 19.5. The summed E-state index contributed by atoms with van der Waals surface area (Å²) in [5, 5.41) is 3.39. The molecule has 5 heteroatoms. The molecule has 0 aromatic heterocycles. The van der Waals surface area contributed by atoms with Crippen LogP contribution in [0.3, 0.4) is 0 Å². The number of piperazine rings is 1. The van der Waals surface area contributed by atoms with Gasteiger partial charge in [0.2, 0.25) is 0 Å². The first-order chi connectivity index (χ1) is 15.3. The number of nitrogens with zero attached hydrogens (tertiary/aromatic N) is 2. The van der Waals surface area contributed by atoms with E-state index in [0.29, 0.717) is 5.56 Å². The Labute approximate surface area is 191 Å². The highest BCUT2D eigenvalue weighted by molar-refractivity contribution is 5.80. The van der Waals surface area contributed by atoms with E-state index >= 15 is 0 Å². The van der Waals surface area contributed by atoms with E-state index in [4.69, 9.17) is 11.2 Å². The van der Waals surface area contributed by atoms with Gasteiger partial charge < -0.3 is 15.0 Å². The minimum atomic E-state index is -0.348. The average Bonchev–Trinajstić information content (AvgIpc) is 2.79. The zero-order chi connectivity index (χ0) is 22.7. The van der Waals surface area contributed by atoms with Crippen LogP contribution in [-0.4, -0.2) is 62.4 Å². The van der Waals surface area contributed by atoms with E-state index in [1.54, 1.807) is 12.1 Å². The lowest BCUT2D eigenvalue weighted by molar-refractivity contribution is 0.0292. The summed E-state index contributed by atoms with van der Waals surface area (Å²) in [6, 6.07) is 11.8. The Morgan fingerprint density at radius 3 is 2.53 bits per heavy atom. The highest BCUT2D eigenvalue weighted by atomic mass is 19.1. The second-order valence-electron chi connectivity index (χ2n) is 9.74. The van der Waals surface area contributed by atoms with Crippen LogP contribution in [0.15, 0.2) is 36.4 Å². The van der Waals surface area contributed by atoms with E-state index in [9.17, 15) is 4.39 Å². The maximum absolute atomic E-state index is 14.6. The fourth-order valence-corrected chi connectivity index (χ4v) is 4.65. The molecule has 0 amide bonds. The smallest absolute Gasteiger partial charge is 0.139 e. The van der Waals surface area contributed by atoms with Crippen LogP contribution in [0.2, 0.25) is 0 Å². The summed E-state index contributed by atoms with van der Waals surface area (Å²) in [6.45, 7) is 13.2. The van der Waals surface area contributed by atoms with Gasteiger partial charge in [0.05, 0.1) is 18.3 Å². The van der Waals surface area contributed by atoms with Gasteiger partial charge in [-0.15, -0.1) is 6.42 Å².